The molecule has 4 nitrogen and oxygen atoms in total. The minimum Gasteiger partial charge on any atom is -0.389 e. The van der Waals surface area contributed by atoms with E-state index in [9.17, 15) is 5.11 Å². The number of hydrogen-bond acceptors (Lipinski definition) is 4. The summed E-state index contributed by atoms with van der Waals surface area (Å²) in [7, 11) is 0. The predicted molar refractivity (Wildman–Crippen MR) is 79.4 cm³/mol. The van der Waals surface area contributed by atoms with Gasteiger partial charge in [-0.1, -0.05) is 6.92 Å². The normalized spacial score (nSPS) is 19.3. The first-order valence-corrected chi connectivity index (χ1v) is 7.84. The molecule has 1 rings (SSSR count). The zero-order chi connectivity index (χ0) is 14.1. The summed E-state index contributed by atoms with van der Waals surface area (Å²) in [5, 5.41) is 13.5. The molecule has 2 N–H and O–H groups in total. The largest absolute Gasteiger partial charge is 0.389 e. The van der Waals surface area contributed by atoms with Crippen LogP contribution in [0, 0.1) is 5.92 Å². The molecule has 114 valence electrons. The number of ether oxygens (including phenoxy) is 1. The van der Waals surface area contributed by atoms with E-state index in [1.54, 1.807) is 0 Å². The molecule has 0 aromatic heterocycles. The molecule has 1 atom stereocenters. The molecule has 4 heteroatoms. The van der Waals surface area contributed by atoms with Gasteiger partial charge in [0.25, 0.3) is 0 Å². The third-order valence-corrected chi connectivity index (χ3v) is 3.61. The molecule has 0 aromatic rings. The van der Waals surface area contributed by atoms with Crippen LogP contribution >= 0.6 is 0 Å². The van der Waals surface area contributed by atoms with Crippen molar-refractivity contribution in [1.82, 2.24) is 10.2 Å². The minimum atomic E-state index is -0.365. The smallest absolute Gasteiger partial charge is 0.0900 e. The maximum Gasteiger partial charge on any atom is 0.0900 e. The molecule has 0 aromatic carbocycles. The van der Waals surface area contributed by atoms with Crippen LogP contribution in [0.15, 0.2) is 0 Å². The minimum absolute atomic E-state index is 0.193. The van der Waals surface area contributed by atoms with E-state index < -0.39 is 0 Å². The van der Waals surface area contributed by atoms with Gasteiger partial charge in [-0.15, -0.1) is 0 Å². The van der Waals surface area contributed by atoms with Gasteiger partial charge in [0.2, 0.25) is 0 Å². The number of hydrogen-bond donors (Lipinski definition) is 2. The third-order valence-electron chi connectivity index (χ3n) is 3.61. The van der Waals surface area contributed by atoms with Gasteiger partial charge in [0.15, 0.2) is 0 Å². The van der Waals surface area contributed by atoms with E-state index in [1.165, 1.54) is 12.8 Å². The zero-order valence-electron chi connectivity index (χ0n) is 12.9. The van der Waals surface area contributed by atoms with Crippen molar-refractivity contribution in [3.05, 3.63) is 0 Å². The monoisotopic (exact) mass is 272 g/mol. The van der Waals surface area contributed by atoms with Crippen molar-refractivity contribution in [2.75, 3.05) is 39.3 Å². The van der Waals surface area contributed by atoms with Crippen LogP contribution in [0.3, 0.4) is 0 Å². The third kappa shape index (κ3) is 7.88. The highest BCUT2D eigenvalue weighted by atomic mass is 16.5. The summed E-state index contributed by atoms with van der Waals surface area (Å²) in [5.74, 6) is 0.783. The summed E-state index contributed by atoms with van der Waals surface area (Å²) in [6.07, 6.45) is 3.50. The molecular weight excluding hydrogens is 240 g/mol. The first-order chi connectivity index (χ1) is 9.11. The lowest BCUT2D eigenvalue weighted by Crippen LogP contribution is -2.41. The molecule has 0 aliphatic carbocycles. The number of rotatable bonds is 9. The van der Waals surface area contributed by atoms with Gasteiger partial charge < -0.3 is 20.1 Å². The van der Waals surface area contributed by atoms with E-state index in [-0.39, 0.29) is 12.2 Å². The maximum atomic E-state index is 10.0. The Balaban J connectivity index is 2.29. The van der Waals surface area contributed by atoms with E-state index in [1.807, 2.05) is 13.8 Å². The first kappa shape index (κ1) is 16.9. The Morgan fingerprint density at radius 1 is 1.32 bits per heavy atom. The zero-order valence-corrected chi connectivity index (χ0v) is 12.9. The highest BCUT2D eigenvalue weighted by Gasteiger charge is 2.18. The van der Waals surface area contributed by atoms with Crippen molar-refractivity contribution in [3.63, 3.8) is 0 Å². The predicted octanol–water partition coefficient (Wildman–Crippen LogP) is 1.48. The van der Waals surface area contributed by atoms with E-state index in [4.69, 9.17) is 4.74 Å². The summed E-state index contributed by atoms with van der Waals surface area (Å²) in [5.41, 5.74) is 0. The van der Waals surface area contributed by atoms with Crippen molar-refractivity contribution in [2.24, 2.45) is 5.92 Å². The summed E-state index contributed by atoms with van der Waals surface area (Å²) in [6, 6.07) is 0. The topological polar surface area (TPSA) is 44.7 Å². The van der Waals surface area contributed by atoms with Crippen LogP contribution in [-0.2, 0) is 4.74 Å². The number of aliphatic hydroxyl groups is 1. The molecule has 1 aliphatic rings. The summed E-state index contributed by atoms with van der Waals surface area (Å²) in [4.78, 5) is 2.41. The molecule has 1 fully saturated rings. The Hall–Kier alpha value is -0.160. The second-order valence-corrected chi connectivity index (χ2v) is 5.99. The summed E-state index contributed by atoms with van der Waals surface area (Å²) < 4.78 is 5.49. The number of aliphatic hydroxyl groups excluding tert-OH is 1. The van der Waals surface area contributed by atoms with Crippen LogP contribution in [0.4, 0.5) is 0 Å². The quantitative estimate of drug-likeness (QED) is 0.667. The molecule has 0 saturated carbocycles. The van der Waals surface area contributed by atoms with Crippen LogP contribution in [0.5, 0.6) is 0 Å². The van der Waals surface area contributed by atoms with Gasteiger partial charge in [-0.2, -0.15) is 0 Å². The van der Waals surface area contributed by atoms with Gasteiger partial charge in [-0.05, 0) is 58.7 Å². The second-order valence-electron chi connectivity index (χ2n) is 5.99. The summed E-state index contributed by atoms with van der Waals surface area (Å²) in [6.45, 7) is 11.9. The van der Waals surface area contributed by atoms with Gasteiger partial charge in [0.05, 0.1) is 18.8 Å². The van der Waals surface area contributed by atoms with Gasteiger partial charge in [-0.3, -0.25) is 0 Å². The van der Waals surface area contributed by atoms with Gasteiger partial charge >= 0.3 is 0 Å². The van der Waals surface area contributed by atoms with Crippen molar-refractivity contribution in [1.29, 1.82) is 0 Å². The van der Waals surface area contributed by atoms with Crippen LogP contribution < -0.4 is 5.32 Å². The van der Waals surface area contributed by atoms with Crippen LogP contribution in [0.25, 0.3) is 0 Å². The van der Waals surface area contributed by atoms with Gasteiger partial charge in [0, 0.05) is 13.1 Å². The molecule has 0 spiro atoms. The Labute approximate surface area is 118 Å². The Morgan fingerprint density at radius 2 is 2.00 bits per heavy atom. The van der Waals surface area contributed by atoms with Crippen LogP contribution in [0.2, 0.25) is 0 Å². The SMILES string of the molecule is CCCN(CC(O)COC(C)C)CC1CCNCC1. The van der Waals surface area contributed by atoms with Crippen molar-refractivity contribution in [3.8, 4) is 0 Å². The number of nitrogens with one attached hydrogen (secondary N) is 1. The van der Waals surface area contributed by atoms with E-state index in [0.29, 0.717) is 6.61 Å². The lowest BCUT2D eigenvalue weighted by molar-refractivity contribution is -0.0107. The maximum absolute atomic E-state index is 10.0. The second kappa shape index (κ2) is 9.70. The molecule has 0 amide bonds. The highest BCUT2D eigenvalue weighted by Crippen LogP contribution is 2.14. The molecule has 0 radical (unpaired) electrons. The fourth-order valence-corrected chi connectivity index (χ4v) is 2.66. The molecule has 1 saturated heterocycles. The standard InChI is InChI=1S/C15H32N2O2/c1-4-9-17(10-14-5-7-16-8-6-14)11-15(18)12-19-13(2)3/h13-16,18H,4-12H2,1-3H3. The molecular formula is C15H32N2O2. The fourth-order valence-electron chi connectivity index (χ4n) is 2.66. The van der Waals surface area contributed by atoms with E-state index >= 15 is 0 Å². The number of piperidine rings is 1. The fraction of sp³-hybridized carbons (Fsp3) is 1.00. The lowest BCUT2D eigenvalue weighted by atomic mass is 9.97. The molecule has 1 aliphatic heterocycles. The molecule has 1 heterocycles. The highest BCUT2D eigenvalue weighted by molar-refractivity contribution is 4.74. The van der Waals surface area contributed by atoms with Crippen LogP contribution in [-0.4, -0.2) is 61.5 Å². The van der Waals surface area contributed by atoms with E-state index in [0.717, 1.165) is 45.1 Å². The molecule has 0 bridgehead atoms. The Morgan fingerprint density at radius 3 is 2.58 bits per heavy atom. The molecule has 19 heavy (non-hydrogen) atoms. The van der Waals surface area contributed by atoms with Crippen molar-refractivity contribution >= 4 is 0 Å². The van der Waals surface area contributed by atoms with Gasteiger partial charge in [0.1, 0.15) is 0 Å². The average molecular weight is 272 g/mol. The van der Waals surface area contributed by atoms with Gasteiger partial charge in [-0.25, -0.2) is 0 Å². The Kier molecular flexibility index (Phi) is 8.62. The van der Waals surface area contributed by atoms with Crippen molar-refractivity contribution < 1.29 is 9.84 Å². The molecule has 1 unspecified atom stereocenters. The average Bonchev–Trinajstić information content (AvgIpc) is 2.38. The number of nitrogens with zero attached hydrogens (tertiary/aromatic N) is 1. The first-order valence-electron chi connectivity index (χ1n) is 7.84. The summed E-state index contributed by atoms with van der Waals surface area (Å²) >= 11 is 0. The van der Waals surface area contributed by atoms with Crippen LogP contribution in [0.1, 0.15) is 40.0 Å². The van der Waals surface area contributed by atoms with Crippen molar-refractivity contribution in [2.45, 2.75) is 52.2 Å². The van der Waals surface area contributed by atoms with E-state index in [2.05, 4.69) is 17.1 Å². The Bertz CT molecular complexity index is 218. The lowest BCUT2D eigenvalue weighted by Gasteiger charge is -2.31.